The Morgan fingerprint density at radius 3 is 2.50 bits per heavy atom. The molecule has 0 spiro atoms. The van der Waals surface area contributed by atoms with Gasteiger partial charge < -0.3 is 15.2 Å². The summed E-state index contributed by atoms with van der Waals surface area (Å²) in [6.07, 6.45) is -0.862. The number of carboxylic acids is 1. The highest BCUT2D eigenvalue weighted by molar-refractivity contribution is 5.87. The molecule has 0 saturated heterocycles. The van der Waals surface area contributed by atoms with Gasteiger partial charge in [-0.05, 0) is 31.0 Å². The van der Waals surface area contributed by atoms with E-state index in [4.69, 9.17) is 9.84 Å². The lowest BCUT2D eigenvalue weighted by atomic mass is 10.2. The van der Waals surface area contributed by atoms with Crippen molar-refractivity contribution in [3.8, 4) is 5.75 Å². The summed E-state index contributed by atoms with van der Waals surface area (Å²) in [4.78, 5) is 22.4. The van der Waals surface area contributed by atoms with Crippen LogP contribution in [0.25, 0.3) is 0 Å². The van der Waals surface area contributed by atoms with Gasteiger partial charge in [0.1, 0.15) is 0 Å². The van der Waals surface area contributed by atoms with E-state index < -0.39 is 17.9 Å². The molecule has 20 heavy (non-hydrogen) atoms. The standard InChI is InChI=1S/C14H18FNO4/c1-8(2)7-16-13(17)9(3)20-12-5-4-10(14(18)19)6-11(12)15/h4-6,8-9H,7H2,1-3H3,(H,16,17)(H,18,19). The number of halogens is 1. The molecule has 1 unspecified atom stereocenters. The topological polar surface area (TPSA) is 75.6 Å². The van der Waals surface area contributed by atoms with E-state index in [0.29, 0.717) is 12.5 Å². The van der Waals surface area contributed by atoms with E-state index in [1.165, 1.54) is 19.1 Å². The number of rotatable bonds is 6. The van der Waals surface area contributed by atoms with E-state index in [9.17, 15) is 14.0 Å². The van der Waals surface area contributed by atoms with Gasteiger partial charge in [0, 0.05) is 6.54 Å². The van der Waals surface area contributed by atoms with Gasteiger partial charge >= 0.3 is 5.97 Å². The fourth-order valence-corrected chi connectivity index (χ4v) is 1.42. The highest BCUT2D eigenvalue weighted by Crippen LogP contribution is 2.19. The van der Waals surface area contributed by atoms with Gasteiger partial charge in [-0.25, -0.2) is 9.18 Å². The predicted molar refractivity (Wildman–Crippen MR) is 71.3 cm³/mol. The quantitative estimate of drug-likeness (QED) is 0.838. The number of ether oxygens (including phenoxy) is 1. The number of aromatic carboxylic acids is 1. The molecule has 0 aliphatic carbocycles. The minimum atomic E-state index is -1.22. The first-order valence-electron chi connectivity index (χ1n) is 6.28. The van der Waals surface area contributed by atoms with Gasteiger partial charge in [-0.3, -0.25) is 4.79 Å². The van der Waals surface area contributed by atoms with Crippen molar-refractivity contribution >= 4 is 11.9 Å². The van der Waals surface area contributed by atoms with Gasteiger partial charge in [0.25, 0.3) is 5.91 Å². The number of nitrogens with one attached hydrogen (secondary N) is 1. The summed E-state index contributed by atoms with van der Waals surface area (Å²) in [6, 6.07) is 3.28. The second-order valence-corrected chi connectivity index (χ2v) is 4.85. The van der Waals surface area contributed by atoms with Gasteiger partial charge in [-0.15, -0.1) is 0 Å². The molecule has 110 valence electrons. The average Bonchev–Trinajstić information content (AvgIpc) is 2.37. The zero-order chi connectivity index (χ0) is 15.3. The van der Waals surface area contributed by atoms with Crippen molar-refractivity contribution in [1.29, 1.82) is 0 Å². The normalized spacial score (nSPS) is 12.1. The molecule has 0 bridgehead atoms. The first-order valence-corrected chi connectivity index (χ1v) is 6.28. The maximum Gasteiger partial charge on any atom is 0.335 e. The van der Waals surface area contributed by atoms with Crippen molar-refractivity contribution in [1.82, 2.24) is 5.32 Å². The highest BCUT2D eigenvalue weighted by atomic mass is 19.1. The Morgan fingerprint density at radius 2 is 2.00 bits per heavy atom. The van der Waals surface area contributed by atoms with Crippen molar-refractivity contribution in [3.05, 3.63) is 29.6 Å². The Morgan fingerprint density at radius 1 is 1.35 bits per heavy atom. The summed E-state index contributed by atoms with van der Waals surface area (Å²) < 4.78 is 18.8. The van der Waals surface area contributed by atoms with Crippen LogP contribution < -0.4 is 10.1 Å². The number of hydrogen-bond acceptors (Lipinski definition) is 3. The molecule has 0 aliphatic heterocycles. The number of carboxylic acid groups (broad SMARTS) is 1. The summed E-state index contributed by atoms with van der Waals surface area (Å²) in [7, 11) is 0. The number of carbonyl (C=O) groups excluding carboxylic acids is 1. The average molecular weight is 283 g/mol. The molecule has 0 heterocycles. The molecule has 1 atom stereocenters. The number of amides is 1. The SMILES string of the molecule is CC(C)CNC(=O)C(C)Oc1ccc(C(=O)O)cc1F. The van der Waals surface area contributed by atoms with Crippen LogP contribution in [0.1, 0.15) is 31.1 Å². The highest BCUT2D eigenvalue weighted by Gasteiger charge is 2.17. The monoisotopic (exact) mass is 283 g/mol. The molecular weight excluding hydrogens is 265 g/mol. The lowest BCUT2D eigenvalue weighted by Gasteiger charge is -2.16. The molecule has 1 aromatic rings. The van der Waals surface area contributed by atoms with Gasteiger partial charge in [0.2, 0.25) is 0 Å². The molecule has 0 saturated carbocycles. The van der Waals surface area contributed by atoms with Crippen molar-refractivity contribution in [3.63, 3.8) is 0 Å². The van der Waals surface area contributed by atoms with E-state index in [2.05, 4.69) is 5.32 Å². The first-order chi connectivity index (χ1) is 9.31. The minimum absolute atomic E-state index is 0.151. The summed E-state index contributed by atoms with van der Waals surface area (Å²) >= 11 is 0. The molecule has 6 heteroatoms. The summed E-state index contributed by atoms with van der Waals surface area (Å²) in [6.45, 7) is 5.92. The molecule has 0 aromatic heterocycles. The van der Waals surface area contributed by atoms with Crippen LogP contribution in [0.3, 0.4) is 0 Å². The molecule has 5 nitrogen and oxygen atoms in total. The van der Waals surface area contributed by atoms with Gasteiger partial charge in [-0.2, -0.15) is 0 Å². The molecule has 0 radical (unpaired) electrons. The third-order valence-electron chi connectivity index (χ3n) is 2.54. The minimum Gasteiger partial charge on any atom is -0.478 e. The van der Waals surface area contributed by atoms with Crippen LogP contribution in [0.5, 0.6) is 5.75 Å². The number of benzene rings is 1. The lowest BCUT2D eigenvalue weighted by molar-refractivity contribution is -0.127. The summed E-state index contributed by atoms with van der Waals surface area (Å²) in [5, 5.41) is 11.4. The van der Waals surface area contributed by atoms with E-state index in [0.717, 1.165) is 6.07 Å². The van der Waals surface area contributed by atoms with E-state index >= 15 is 0 Å². The molecule has 1 rings (SSSR count). The Kier molecular flexibility index (Phi) is 5.49. The Bertz CT molecular complexity index is 502. The molecular formula is C14H18FNO4. The first kappa shape index (κ1) is 15.9. The Balaban J connectivity index is 2.68. The van der Waals surface area contributed by atoms with Gasteiger partial charge in [0.05, 0.1) is 5.56 Å². The van der Waals surface area contributed by atoms with Crippen LogP contribution in [0.2, 0.25) is 0 Å². The zero-order valence-corrected chi connectivity index (χ0v) is 11.6. The van der Waals surface area contributed by atoms with Crippen molar-refractivity contribution in [2.45, 2.75) is 26.9 Å². The van der Waals surface area contributed by atoms with Crippen LogP contribution in [0.4, 0.5) is 4.39 Å². The third kappa shape index (κ3) is 4.53. The Labute approximate surface area is 116 Å². The largest absolute Gasteiger partial charge is 0.478 e. The molecule has 1 amide bonds. The molecule has 0 aliphatic rings. The lowest BCUT2D eigenvalue weighted by Crippen LogP contribution is -2.38. The molecule has 1 aromatic carbocycles. The van der Waals surface area contributed by atoms with Crippen LogP contribution in [0.15, 0.2) is 18.2 Å². The van der Waals surface area contributed by atoms with Crippen molar-refractivity contribution < 1.29 is 23.8 Å². The third-order valence-corrected chi connectivity index (χ3v) is 2.54. The number of carbonyl (C=O) groups is 2. The van der Waals surface area contributed by atoms with Crippen LogP contribution >= 0.6 is 0 Å². The van der Waals surface area contributed by atoms with E-state index in [1.807, 2.05) is 13.8 Å². The maximum atomic E-state index is 13.6. The molecule has 0 fully saturated rings. The fraction of sp³-hybridized carbons (Fsp3) is 0.429. The zero-order valence-electron chi connectivity index (χ0n) is 11.6. The summed E-state index contributed by atoms with van der Waals surface area (Å²) in [5.41, 5.74) is -0.174. The molecule has 2 N–H and O–H groups in total. The van der Waals surface area contributed by atoms with E-state index in [1.54, 1.807) is 0 Å². The van der Waals surface area contributed by atoms with Crippen molar-refractivity contribution in [2.24, 2.45) is 5.92 Å². The van der Waals surface area contributed by atoms with Crippen LogP contribution in [0, 0.1) is 11.7 Å². The maximum absolute atomic E-state index is 13.6. The predicted octanol–water partition coefficient (Wildman–Crippen LogP) is 2.06. The summed E-state index contributed by atoms with van der Waals surface area (Å²) in [5.74, 6) is -2.23. The second-order valence-electron chi connectivity index (χ2n) is 4.85. The van der Waals surface area contributed by atoms with Crippen LogP contribution in [-0.2, 0) is 4.79 Å². The van der Waals surface area contributed by atoms with E-state index in [-0.39, 0.29) is 17.2 Å². The second kappa shape index (κ2) is 6.88. The van der Waals surface area contributed by atoms with Gasteiger partial charge in [-0.1, -0.05) is 13.8 Å². The fourth-order valence-electron chi connectivity index (χ4n) is 1.42. The van der Waals surface area contributed by atoms with Crippen LogP contribution in [-0.4, -0.2) is 29.6 Å². The number of hydrogen-bond donors (Lipinski definition) is 2. The Hall–Kier alpha value is -2.11. The van der Waals surface area contributed by atoms with Gasteiger partial charge in [0.15, 0.2) is 17.7 Å². The van der Waals surface area contributed by atoms with Crippen molar-refractivity contribution in [2.75, 3.05) is 6.54 Å². The smallest absolute Gasteiger partial charge is 0.335 e.